The molecule has 1 aliphatic rings. The average Bonchev–Trinajstić information content (AvgIpc) is 2.68. The molecule has 1 N–H and O–H groups in total. The van der Waals surface area contributed by atoms with E-state index in [4.69, 9.17) is 19.2 Å². The van der Waals surface area contributed by atoms with Crippen LogP contribution in [0.2, 0.25) is 0 Å². The molecule has 27 heavy (non-hydrogen) atoms. The highest BCUT2D eigenvalue weighted by molar-refractivity contribution is 5.80. The van der Waals surface area contributed by atoms with Gasteiger partial charge in [0.2, 0.25) is 0 Å². The van der Waals surface area contributed by atoms with Crippen LogP contribution in [0.4, 0.5) is 0 Å². The average molecular weight is 378 g/mol. The van der Waals surface area contributed by atoms with Crippen molar-refractivity contribution in [2.45, 2.75) is 39.2 Å². The standard InChI is InChI=1S/C21H35N3O3/c1-4-22-21(23-11-16-27-20-8-5-7-18(2)17-20)24-12-9-19(10-13-24)26-15-6-14-25-3/h5,7-8,17,19H,4,6,9-16H2,1-3H3,(H,22,23). The van der Waals surface area contributed by atoms with Gasteiger partial charge in [-0.15, -0.1) is 0 Å². The van der Waals surface area contributed by atoms with Crippen LogP contribution in [0.1, 0.15) is 31.7 Å². The minimum atomic E-state index is 0.352. The first-order valence-corrected chi connectivity index (χ1v) is 10.1. The van der Waals surface area contributed by atoms with Crippen LogP contribution in [0.3, 0.4) is 0 Å². The van der Waals surface area contributed by atoms with Crippen LogP contribution in [0, 0.1) is 6.92 Å². The van der Waals surface area contributed by atoms with Gasteiger partial charge < -0.3 is 24.4 Å². The Labute approximate surface area is 163 Å². The molecule has 1 saturated heterocycles. The van der Waals surface area contributed by atoms with Gasteiger partial charge in [-0.3, -0.25) is 0 Å². The molecule has 1 fully saturated rings. The molecule has 1 aliphatic heterocycles. The summed E-state index contributed by atoms with van der Waals surface area (Å²) < 4.78 is 16.8. The summed E-state index contributed by atoms with van der Waals surface area (Å²) in [5, 5.41) is 3.40. The third-order valence-electron chi connectivity index (χ3n) is 4.53. The molecule has 0 unspecified atom stereocenters. The van der Waals surface area contributed by atoms with Gasteiger partial charge in [-0.2, -0.15) is 0 Å². The number of aryl methyl sites for hydroxylation is 1. The number of methoxy groups -OCH3 is 1. The van der Waals surface area contributed by atoms with Gasteiger partial charge in [-0.1, -0.05) is 12.1 Å². The zero-order valence-corrected chi connectivity index (χ0v) is 17.1. The van der Waals surface area contributed by atoms with Crippen LogP contribution in [0.5, 0.6) is 5.75 Å². The molecule has 0 bridgehead atoms. The van der Waals surface area contributed by atoms with Crippen molar-refractivity contribution < 1.29 is 14.2 Å². The van der Waals surface area contributed by atoms with Gasteiger partial charge in [0, 0.05) is 40.0 Å². The topological polar surface area (TPSA) is 55.3 Å². The molecule has 0 atom stereocenters. The number of rotatable bonds is 10. The van der Waals surface area contributed by atoms with Crippen molar-refractivity contribution in [2.75, 3.05) is 53.1 Å². The second-order valence-electron chi connectivity index (χ2n) is 6.80. The third-order valence-corrected chi connectivity index (χ3v) is 4.53. The highest BCUT2D eigenvalue weighted by Crippen LogP contribution is 2.15. The second kappa shape index (κ2) is 12.6. The summed E-state index contributed by atoms with van der Waals surface area (Å²) in [6, 6.07) is 8.12. The minimum absolute atomic E-state index is 0.352. The van der Waals surface area contributed by atoms with Gasteiger partial charge in [0.25, 0.3) is 0 Å². The van der Waals surface area contributed by atoms with Gasteiger partial charge in [-0.25, -0.2) is 4.99 Å². The number of nitrogens with one attached hydrogen (secondary N) is 1. The molecule has 0 saturated carbocycles. The molecule has 2 rings (SSSR count). The number of piperidine rings is 1. The molecule has 6 heteroatoms. The summed E-state index contributed by atoms with van der Waals surface area (Å²) in [6.07, 6.45) is 3.39. The van der Waals surface area contributed by atoms with Crippen LogP contribution in [-0.2, 0) is 9.47 Å². The fourth-order valence-electron chi connectivity index (χ4n) is 3.13. The molecule has 0 radical (unpaired) electrons. The highest BCUT2D eigenvalue weighted by atomic mass is 16.5. The molecule has 152 valence electrons. The zero-order chi connectivity index (χ0) is 19.3. The first-order valence-electron chi connectivity index (χ1n) is 10.1. The Hall–Kier alpha value is -1.79. The highest BCUT2D eigenvalue weighted by Gasteiger charge is 2.21. The second-order valence-corrected chi connectivity index (χ2v) is 6.80. The maximum atomic E-state index is 5.94. The first kappa shape index (κ1) is 21.5. The number of hydrogen-bond donors (Lipinski definition) is 1. The lowest BCUT2D eigenvalue weighted by molar-refractivity contribution is 0.00990. The molecule has 1 aromatic carbocycles. The van der Waals surface area contributed by atoms with Crippen molar-refractivity contribution in [3.8, 4) is 5.75 Å². The fraction of sp³-hybridized carbons (Fsp3) is 0.667. The monoisotopic (exact) mass is 377 g/mol. The van der Waals surface area contributed by atoms with Crippen molar-refractivity contribution >= 4 is 5.96 Å². The van der Waals surface area contributed by atoms with E-state index in [9.17, 15) is 0 Å². The van der Waals surface area contributed by atoms with E-state index in [1.807, 2.05) is 18.2 Å². The van der Waals surface area contributed by atoms with Crippen molar-refractivity contribution in [1.82, 2.24) is 10.2 Å². The Balaban J connectivity index is 1.73. The van der Waals surface area contributed by atoms with Crippen molar-refractivity contribution in [3.63, 3.8) is 0 Å². The predicted octanol–water partition coefficient (Wildman–Crippen LogP) is 2.86. The molecular formula is C21H35N3O3. The lowest BCUT2D eigenvalue weighted by atomic mass is 10.1. The quantitative estimate of drug-likeness (QED) is 0.386. The summed E-state index contributed by atoms with van der Waals surface area (Å²) >= 11 is 0. The van der Waals surface area contributed by atoms with Crippen LogP contribution < -0.4 is 10.1 Å². The number of likely N-dealkylation sites (tertiary alicyclic amines) is 1. The van der Waals surface area contributed by atoms with Crippen LogP contribution >= 0.6 is 0 Å². The fourth-order valence-corrected chi connectivity index (χ4v) is 3.13. The largest absolute Gasteiger partial charge is 0.492 e. The Kier molecular flexibility index (Phi) is 10.0. The van der Waals surface area contributed by atoms with Crippen molar-refractivity contribution in [2.24, 2.45) is 4.99 Å². The Bertz CT molecular complexity index is 557. The van der Waals surface area contributed by atoms with Gasteiger partial charge in [0.15, 0.2) is 5.96 Å². The molecule has 0 aliphatic carbocycles. The van der Waals surface area contributed by atoms with Crippen LogP contribution in [0.25, 0.3) is 0 Å². The van der Waals surface area contributed by atoms with Gasteiger partial charge in [-0.05, 0) is 50.8 Å². The molecule has 0 amide bonds. The summed E-state index contributed by atoms with van der Waals surface area (Å²) in [4.78, 5) is 7.06. The molecule has 1 heterocycles. The number of benzene rings is 1. The normalized spacial score (nSPS) is 15.8. The number of guanidine groups is 1. The minimum Gasteiger partial charge on any atom is -0.492 e. The maximum Gasteiger partial charge on any atom is 0.194 e. The van der Waals surface area contributed by atoms with E-state index in [2.05, 4.69) is 30.1 Å². The predicted molar refractivity (Wildman–Crippen MR) is 110 cm³/mol. The Morgan fingerprint density at radius 1 is 1.22 bits per heavy atom. The summed E-state index contributed by atoms with van der Waals surface area (Å²) in [5.41, 5.74) is 1.21. The summed E-state index contributed by atoms with van der Waals surface area (Å²) in [5.74, 6) is 1.88. The Morgan fingerprint density at radius 2 is 2.04 bits per heavy atom. The van der Waals surface area contributed by atoms with Gasteiger partial charge in [0.05, 0.1) is 12.6 Å². The van der Waals surface area contributed by atoms with Crippen molar-refractivity contribution in [1.29, 1.82) is 0 Å². The lowest BCUT2D eigenvalue weighted by Crippen LogP contribution is -2.47. The summed E-state index contributed by atoms with van der Waals surface area (Å²) in [7, 11) is 1.73. The maximum absolute atomic E-state index is 5.94. The van der Waals surface area contributed by atoms with Gasteiger partial charge >= 0.3 is 0 Å². The van der Waals surface area contributed by atoms with E-state index in [0.717, 1.165) is 63.8 Å². The number of hydrogen-bond acceptors (Lipinski definition) is 4. The first-order chi connectivity index (χ1) is 13.2. The smallest absolute Gasteiger partial charge is 0.194 e. The number of aliphatic imine (C=N–C) groups is 1. The summed E-state index contributed by atoms with van der Waals surface area (Å²) in [6.45, 7) is 9.75. The van der Waals surface area contributed by atoms with Crippen LogP contribution in [0.15, 0.2) is 29.3 Å². The van der Waals surface area contributed by atoms with E-state index >= 15 is 0 Å². The SMILES string of the molecule is CCNC(=NCCOc1cccc(C)c1)N1CCC(OCCCOC)CC1. The van der Waals surface area contributed by atoms with E-state index in [-0.39, 0.29) is 0 Å². The molecule has 1 aromatic rings. The molecule has 0 aromatic heterocycles. The molecule has 6 nitrogen and oxygen atoms in total. The number of nitrogens with zero attached hydrogens (tertiary/aromatic N) is 2. The van der Waals surface area contributed by atoms with E-state index in [0.29, 0.717) is 19.3 Å². The molecular weight excluding hydrogens is 342 g/mol. The molecule has 0 spiro atoms. The Morgan fingerprint density at radius 3 is 2.74 bits per heavy atom. The zero-order valence-electron chi connectivity index (χ0n) is 17.1. The van der Waals surface area contributed by atoms with Gasteiger partial charge in [0.1, 0.15) is 12.4 Å². The number of ether oxygens (including phenoxy) is 3. The van der Waals surface area contributed by atoms with E-state index < -0.39 is 0 Å². The van der Waals surface area contributed by atoms with E-state index in [1.165, 1.54) is 5.56 Å². The van der Waals surface area contributed by atoms with Crippen molar-refractivity contribution in [3.05, 3.63) is 29.8 Å². The van der Waals surface area contributed by atoms with E-state index in [1.54, 1.807) is 7.11 Å². The van der Waals surface area contributed by atoms with Crippen LogP contribution in [-0.4, -0.2) is 70.1 Å². The lowest BCUT2D eigenvalue weighted by Gasteiger charge is -2.34. The third kappa shape index (κ3) is 8.18.